The lowest BCUT2D eigenvalue weighted by Gasteiger charge is -2.47. The molecule has 3 aliphatic rings. The highest BCUT2D eigenvalue weighted by Crippen LogP contribution is 2.33. The highest BCUT2D eigenvalue weighted by Gasteiger charge is 2.42. The van der Waals surface area contributed by atoms with E-state index < -0.39 is 5.60 Å². The highest BCUT2D eigenvalue weighted by molar-refractivity contribution is 8.00. The molecule has 3 fully saturated rings. The summed E-state index contributed by atoms with van der Waals surface area (Å²) >= 11 is 1.94. The number of rotatable bonds is 9. The molecule has 0 bridgehead atoms. The summed E-state index contributed by atoms with van der Waals surface area (Å²) in [5, 5.41) is 16.8. The third-order valence-corrected chi connectivity index (χ3v) is 8.24. The molecule has 3 heterocycles. The molecule has 3 saturated heterocycles. The van der Waals surface area contributed by atoms with Gasteiger partial charge in [0.25, 0.3) is 0 Å². The number of fused-ring (bicyclic) bond motifs is 1. The molecule has 0 aromatic carbocycles. The van der Waals surface area contributed by atoms with E-state index in [0.29, 0.717) is 24.3 Å². The Bertz CT molecular complexity index is 612. The number of amides is 3. The van der Waals surface area contributed by atoms with Gasteiger partial charge in [0, 0.05) is 49.1 Å². The number of nitrogens with zero attached hydrogens (tertiary/aromatic N) is 2. The van der Waals surface area contributed by atoms with Crippen LogP contribution in [-0.4, -0.2) is 87.3 Å². The molecular formula is C22H40N4O3S. The number of β-amino-alcohol motifs (C(OH)–C–C–N with tert-alkyl or cyclic N) is 1. The van der Waals surface area contributed by atoms with Gasteiger partial charge in [-0.3, -0.25) is 9.69 Å². The van der Waals surface area contributed by atoms with E-state index in [1.165, 1.54) is 0 Å². The maximum Gasteiger partial charge on any atom is 0.315 e. The molecule has 0 spiro atoms. The Morgan fingerprint density at radius 2 is 1.90 bits per heavy atom. The first-order valence-electron chi connectivity index (χ1n) is 11.7. The summed E-state index contributed by atoms with van der Waals surface area (Å²) in [5.74, 6) is 1.26. The first kappa shape index (κ1) is 23.7. The lowest BCUT2D eigenvalue weighted by molar-refractivity contribution is -0.139. The Hall–Kier alpha value is -0.990. The molecule has 0 aliphatic carbocycles. The molecule has 3 amide bonds. The first-order valence-corrected chi connectivity index (χ1v) is 12.7. The molecule has 0 aromatic heterocycles. The summed E-state index contributed by atoms with van der Waals surface area (Å²) in [6.07, 6.45) is 5.52. The van der Waals surface area contributed by atoms with Gasteiger partial charge in [-0.15, -0.1) is 0 Å². The van der Waals surface area contributed by atoms with Crippen molar-refractivity contribution < 1.29 is 14.7 Å². The lowest BCUT2D eigenvalue weighted by Crippen LogP contribution is -2.61. The predicted octanol–water partition coefficient (Wildman–Crippen LogP) is 2.18. The van der Waals surface area contributed by atoms with Gasteiger partial charge in [-0.25, -0.2) is 4.79 Å². The second-order valence-corrected chi connectivity index (χ2v) is 11.1. The van der Waals surface area contributed by atoms with Gasteiger partial charge in [0.1, 0.15) is 0 Å². The van der Waals surface area contributed by atoms with Crippen molar-refractivity contribution >= 4 is 23.7 Å². The van der Waals surface area contributed by atoms with Crippen LogP contribution in [0.25, 0.3) is 0 Å². The van der Waals surface area contributed by atoms with Crippen LogP contribution in [0.3, 0.4) is 0 Å². The van der Waals surface area contributed by atoms with E-state index in [1.54, 1.807) is 0 Å². The molecule has 0 unspecified atom stereocenters. The van der Waals surface area contributed by atoms with Crippen LogP contribution >= 0.6 is 11.8 Å². The van der Waals surface area contributed by atoms with Gasteiger partial charge in [-0.05, 0) is 39.5 Å². The van der Waals surface area contributed by atoms with Crippen molar-refractivity contribution in [3.8, 4) is 0 Å². The van der Waals surface area contributed by atoms with Crippen molar-refractivity contribution in [1.29, 1.82) is 0 Å². The Morgan fingerprint density at radius 3 is 2.57 bits per heavy atom. The largest absolute Gasteiger partial charge is 0.389 e. The van der Waals surface area contributed by atoms with E-state index >= 15 is 0 Å². The number of hydrogen-bond acceptors (Lipinski definition) is 5. The number of thioether (sulfide) groups is 1. The molecule has 0 saturated carbocycles. The lowest BCUT2D eigenvalue weighted by atomic mass is 9.98. The zero-order chi connectivity index (χ0) is 21.9. The van der Waals surface area contributed by atoms with Crippen molar-refractivity contribution in [2.45, 2.75) is 101 Å². The number of urea groups is 1. The minimum atomic E-state index is -0.719. The molecule has 7 nitrogen and oxygen atoms in total. The maximum absolute atomic E-state index is 13.0. The Kier molecular flexibility index (Phi) is 7.96. The van der Waals surface area contributed by atoms with Gasteiger partial charge in [-0.1, -0.05) is 20.3 Å². The fourth-order valence-corrected chi connectivity index (χ4v) is 6.69. The Labute approximate surface area is 185 Å². The van der Waals surface area contributed by atoms with E-state index in [4.69, 9.17) is 0 Å². The second-order valence-electron chi connectivity index (χ2n) is 9.78. The molecule has 8 heteroatoms. The van der Waals surface area contributed by atoms with Gasteiger partial charge < -0.3 is 20.6 Å². The zero-order valence-corrected chi connectivity index (χ0v) is 19.8. The van der Waals surface area contributed by atoms with Crippen LogP contribution in [0.2, 0.25) is 0 Å². The Balaban J connectivity index is 1.45. The van der Waals surface area contributed by atoms with Gasteiger partial charge in [0.05, 0.1) is 17.7 Å². The summed E-state index contributed by atoms with van der Waals surface area (Å²) in [7, 11) is 0. The average Bonchev–Trinajstić information content (AvgIpc) is 3.22. The maximum atomic E-state index is 13.0. The third-order valence-electron chi connectivity index (χ3n) is 6.73. The summed E-state index contributed by atoms with van der Waals surface area (Å²) in [4.78, 5) is 29.0. The summed E-state index contributed by atoms with van der Waals surface area (Å²) < 4.78 is 0. The van der Waals surface area contributed by atoms with Crippen LogP contribution in [0.15, 0.2) is 0 Å². The number of aliphatic hydroxyl groups is 1. The van der Waals surface area contributed by atoms with Crippen molar-refractivity contribution in [3.63, 3.8) is 0 Å². The predicted molar refractivity (Wildman–Crippen MR) is 122 cm³/mol. The van der Waals surface area contributed by atoms with E-state index in [-0.39, 0.29) is 30.1 Å². The molecule has 5 atom stereocenters. The third kappa shape index (κ3) is 5.82. The number of hydrogen-bond donors (Lipinski definition) is 3. The van der Waals surface area contributed by atoms with E-state index in [0.717, 1.165) is 50.9 Å². The Morgan fingerprint density at radius 1 is 1.17 bits per heavy atom. The minimum absolute atomic E-state index is 0.0368. The van der Waals surface area contributed by atoms with Crippen LogP contribution in [-0.2, 0) is 4.79 Å². The van der Waals surface area contributed by atoms with Crippen molar-refractivity contribution in [2.75, 3.05) is 25.4 Å². The van der Waals surface area contributed by atoms with Crippen LogP contribution in [0.5, 0.6) is 0 Å². The summed E-state index contributed by atoms with van der Waals surface area (Å²) in [5.41, 5.74) is -0.719. The van der Waals surface area contributed by atoms with Crippen molar-refractivity contribution in [3.05, 3.63) is 0 Å². The summed E-state index contributed by atoms with van der Waals surface area (Å²) in [6.45, 7) is 10.3. The van der Waals surface area contributed by atoms with Crippen LogP contribution in [0, 0.1) is 0 Å². The van der Waals surface area contributed by atoms with Crippen LogP contribution in [0.1, 0.15) is 66.2 Å². The number of nitrogens with one attached hydrogen (secondary N) is 2. The minimum Gasteiger partial charge on any atom is -0.389 e. The van der Waals surface area contributed by atoms with Crippen molar-refractivity contribution in [1.82, 2.24) is 20.4 Å². The molecule has 3 N–H and O–H groups in total. The van der Waals surface area contributed by atoms with Gasteiger partial charge in [0.2, 0.25) is 5.91 Å². The molecule has 0 radical (unpaired) electrons. The number of unbranched alkanes of at least 4 members (excludes halogenated alkanes) is 1. The van der Waals surface area contributed by atoms with E-state index in [9.17, 15) is 14.7 Å². The molecular weight excluding hydrogens is 400 g/mol. The number of carbonyl (C=O) groups excluding carboxylic acids is 2. The molecule has 3 aliphatic heterocycles. The topological polar surface area (TPSA) is 84.9 Å². The normalized spacial score (nSPS) is 32.1. The summed E-state index contributed by atoms with van der Waals surface area (Å²) in [6, 6.07) is 1.02. The van der Waals surface area contributed by atoms with Gasteiger partial charge in [0.15, 0.2) is 0 Å². The van der Waals surface area contributed by atoms with Gasteiger partial charge in [-0.2, -0.15) is 11.8 Å². The van der Waals surface area contributed by atoms with Crippen molar-refractivity contribution in [2.24, 2.45) is 0 Å². The van der Waals surface area contributed by atoms with E-state index in [1.807, 2.05) is 25.6 Å². The fourth-order valence-electron chi connectivity index (χ4n) is 5.15. The zero-order valence-electron chi connectivity index (χ0n) is 19.0. The number of carbonyl (C=O) groups is 2. The van der Waals surface area contributed by atoms with Gasteiger partial charge >= 0.3 is 6.03 Å². The average molecular weight is 441 g/mol. The van der Waals surface area contributed by atoms with E-state index in [2.05, 4.69) is 34.3 Å². The smallest absolute Gasteiger partial charge is 0.315 e. The molecule has 3 rings (SSSR count). The number of piperazine rings is 1. The molecule has 0 aromatic rings. The fraction of sp³-hybridized carbons (Fsp3) is 0.909. The molecule has 30 heavy (non-hydrogen) atoms. The molecule has 172 valence electrons. The quantitative estimate of drug-likeness (QED) is 0.378. The standard InChI is InChI=1S/C22H40N4O3S/c1-5-15-12-26(16(6-2)11-25(15)14-22(3,4)29)19(27)10-8-7-9-18-20-17(13-30-18)23-21(28)24-20/h15-18,20,29H,5-14H2,1-4H3,(H2,23,24,28)/t15-,16-,17-,18-,20-/m0/s1. The monoisotopic (exact) mass is 440 g/mol. The SMILES string of the molecule is CC[C@H]1CN(C(=O)CCCC[C@@H]2SC[C@@H]3NC(=O)N[C@@H]32)[C@@H](CC)CN1CC(C)(C)O. The van der Waals surface area contributed by atoms with Crippen LogP contribution in [0.4, 0.5) is 4.79 Å². The highest BCUT2D eigenvalue weighted by atomic mass is 32.2. The van der Waals surface area contributed by atoms with Crippen LogP contribution < -0.4 is 10.6 Å². The second kappa shape index (κ2) is 10.1. The first-order chi connectivity index (χ1) is 14.2.